The van der Waals surface area contributed by atoms with Gasteiger partial charge in [0.15, 0.2) is 0 Å². The molecule has 0 bridgehead atoms. The van der Waals surface area contributed by atoms with Gasteiger partial charge in [0, 0.05) is 18.2 Å². The van der Waals surface area contributed by atoms with Crippen molar-refractivity contribution >= 4 is 34.8 Å². The monoisotopic (exact) mass is 373 g/mol. The van der Waals surface area contributed by atoms with Crippen molar-refractivity contribution in [3.8, 4) is 5.75 Å². The standard InChI is InChI=1S/C19H20ClN3O3/c1-10(11-3-5-16-12(7-11)4-6-18(24)23-16)22-19(25)13-8-14(20)15(21)9-17(13)26-2/h3,5,7-10H,4,6,21H2,1-2H3,(H,22,25)(H,23,24). The summed E-state index contributed by atoms with van der Waals surface area (Å²) in [4.78, 5) is 24.1. The van der Waals surface area contributed by atoms with Crippen LogP contribution in [0.1, 0.15) is 40.9 Å². The summed E-state index contributed by atoms with van der Waals surface area (Å²) in [5, 5.41) is 6.09. The van der Waals surface area contributed by atoms with Crippen molar-refractivity contribution in [1.82, 2.24) is 5.32 Å². The van der Waals surface area contributed by atoms with Gasteiger partial charge < -0.3 is 21.1 Å². The number of carbonyl (C=O) groups excluding carboxylic acids is 2. The Bertz CT molecular complexity index is 883. The second-order valence-electron chi connectivity index (χ2n) is 6.23. The molecule has 0 aromatic heterocycles. The van der Waals surface area contributed by atoms with Crippen LogP contribution in [0.3, 0.4) is 0 Å². The van der Waals surface area contributed by atoms with E-state index in [0.29, 0.717) is 34.9 Å². The smallest absolute Gasteiger partial charge is 0.255 e. The van der Waals surface area contributed by atoms with Crippen LogP contribution in [0.4, 0.5) is 11.4 Å². The highest BCUT2D eigenvalue weighted by Crippen LogP contribution is 2.30. The Morgan fingerprint density at radius 1 is 1.31 bits per heavy atom. The third kappa shape index (κ3) is 3.60. The van der Waals surface area contributed by atoms with Crippen molar-refractivity contribution < 1.29 is 14.3 Å². The molecular weight excluding hydrogens is 354 g/mol. The van der Waals surface area contributed by atoms with Gasteiger partial charge in [-0.05, 0) is 36.6 Å². The number of hydrogen-bond acceptors (Lipinski definition) is 4. The van der Waals surface area contributed by atoms with E-state index in [1.807, 2.05) is 25.1 Å². The third-order valence-electron chi connectivity index (χ3n) is 4.44. The Balaban J connectivity index is 1.80. The Morgan fingerprint density at radius 2 is 2.08 bits per heavy atom. The number of rotatable bonds is 4. The van der Waals surface area contributed by atoms with Crippen LogP contribution in [0.5, 0.6) is 5.75 Å². The maximum Gasteiger partial charge on any atom is 0.255 e. The van der Waals surface area contributed by atoms with Crippen LogP contribution < -0.4 is 21.1 Å². The van der Waals surface area contributed by atoms with Gasteiger partial charge in [-0.3, -0.25) is 9.59 Å². The number of nitrogens with one attached hydrogen (secondary N) is 2. The Hall–Kier alpha value is -2.73. The second-order valence-corrected chi connectivity index (χ2v) is 6.64. The Labute approximate surface area is 156 Å². The molecule has 0 radical (unpaired) electrons. The van der Waals surface area contributed by atoms with E-state index in [-0.39, 0.29) is 17.9 Å². The van der Waals surface area contributed by atoms with Crippen LogP contribution in [0.15, 0.2) is 30.3 Å². The SMILES string of the molecule is COc1cc(N)c(Cl)cc1C(=O)NC(C)c1ccc2c(c1)CCC(=O)N2. The maximum absolute atomic E-state index is 12.7. The molecule has 0 saturated carbocycles. The van der Waals surface area contributed by atoms with Gasteiger partial charge in [-0.2, -0.15) is 0 Å². The van der Waals surface area contributed by atoms with E-state index < -0.39 is 0 Å². The molecule has 1 aliphatic heterocycles. The zero-order valence-electron chi connectivity index (χ0n) is 14.6. The van der Waals surface area contributed by atoms with Crippen molar-refractivity contribution in [2.75, 3.05) is 18.2 Å². The van der Waals surface area contributed by atoms with Crippen molar-refractivity contribution in [1.29, 1.82) is 0 Å². The van der Waals surface area contributed by atoms with E-state index in [1.54, 1.807) is 0 Å². The van der Waals surface area contributed by atoms with E-state index in [0.717, 1.165) is 16.8 Å². The molecule has 2 amide bonds. The number of halogens is 1. The topological polar surface area (TPSA) is 93.4 Å². The molecule has 7 heteroatoms. The number of hydrogen-bond donors (Lipinski definition) is 3. The number of methoxy groups -OCH3 is 1. The van der Waals surface area contributed by atoms with E-state index >= 15 is 0 Å². The average Bonchev–Trinajstić information content (AvgIpc) is 2.62. The first-order valence-electron chi connectivity index (χ1n) is 8.25. The molecule has 26 heavy (non-hydrogen) atoms. The number of carbonyl (C=O) groups is 2. The van der Waals surface area contributed by atoms with E-state index in [2.05, 4.69) is 10.6 Å². The molecule has 3 rings (SSSR count). The van der Waals surface area contributed by atoms with E-state index in [1.165, 1.54) is 19.2 Å². The highest BCUT2D eigenvalue weighted by Gasteiger charge is 2.20. The molecule has 6 nitrogen and oxygen atoms in total. The van der Waals surface area contributed by atoms with Gasteiger partial charge >= 0.3 is 0 Å². The van der Waals surface area contributed by atoms with Crippen molar-refractivity contribution in [3.63, 3.8) is 0 Å². The number of nitrogens with two attached hydrogens (primary N) is 1. The van der Waals surface area contributed by atoms with Crippen molar-refractivity contribution in [2.45, 2.75) is 25.8 Å². The second kappa shape index (κ2) is 7.25. The number of anilines is 2. The largest absolute Gasteiger partial charge is 0.496 e. The summed E-state index contributed by atoms with van der Waals surface area (Å²) in [6.07, 6.45) is 1.16. The molecule has 136 valence electrons. The fourth-order valence-corrected chi connectivity index (χ4v) is 3.11. The predicted octanol–water partition coefficient (Wildman–Crippen LogP) is 3.31. The zero-order valence-corrected chi connectivity index (χ0v) is 15.3. The number of fused-ring (bicyclic) bond motifs is 1. The molecule has 0 fully saturated rings. The fourth-order valence-electron chi connectivity index (χ4n) is 2.95. The summed E-state index contributed by atoms with van der Waals surface area (Å²) < 4.78 is 5.23. The summed E-state index contributed by atoms with van der Waals surface area (Å²) in [6.45, 7) is 1.90. The molecule has 4 N–H and O–H groups in total. The quantitative estimate of drug-likeness (QED) is 0.717. The van der Waals surface area contributed by atoms with Gasteiger partial charge in [-0.25, -0.2) is 0 Å². The lowest BCUT2D eigenvalue weighted by Gasteiger charge is -2.21. The first kappa shape index (κ1) is 18.1. The van der Waals surface area contributed by atoms with Gasteiger partial charge in [0.25, 0.3) is 5.91 Å². The zero-order chi connectivity index (χ0) is 18.8. The summed E-state index contributed by atoms with van der Waals surface area (Å²) in [5.74, 6) is 0.0888. The molecule has 0 aliphatic carbocycles. The number of amides is 2. The molecule has 2 aromatic rings. The van der Waals surface area contributed by atoms with Crippen LogP contribution in [-0.4, -0.2) is 18.9 Å². The van der Waals surface area contributed by atoms with Crippen molar-refractivity contribution in [2.24, 2.45) is 0 Å². The third-order valence-corrected chi connectivity index (χ3v) is 4.76. The normalized spacial score (nSPS) is 14.2. The minimum absolute atomic E-state index is 0.0268. The molecule has 1 atom stereocenters. The minimum Gasteiger partial charge on any atom is -0.496 e. The number of nitrogen functional groups attached to an aromatic ring is 1. The summed E-state index contributed by atoms with van der Waals surface area (Å²) >= 11 is 6.04. The first-order valence-corrected chi connectivity index (χ1v) is 8.63. The van der Waals surface area contributed by atoms with Crippen LogP contribution in [0.2, 0.25) is 5.02 Å². The van der Waals surface area contributed by atoms with Crippen molar-refractivity contribution in [3.05, 3.63) is 52.0 Å². The summed E-state index contributed by atoms with van der Waals surface area (Å²) in [7, 11) is 1.47. The molecule has 1 heterocycles. The predicted molar refractivity (Wildman–Crippen MR) is 102 cm³/mol. The molecule has 1 aliphatic rings. The molecular formula is C19H20ClN3O3. The van der Waals surface area contributed by atoms with Crippen LogP contribution in [-0.2, 0) is 11.2 Å². The number of ether oxygens (including phenoxy) is 1. The van der Waals surface area contributed by atoms with E-state index in [4.69, 9.17) is 22.1 Å². The Morgan fingerprint density at radius 3 is 2.81 bits per heavy atom. The fraction of sp³-hybridized carbons (Fsp3) is 0.263. The number of benzene rings is 2. The maximum atomic E-state index is 12.7. The van der Waals surface area contributed by atoms with E-state index in [9.17, 15) is 9.59 Å². The molecule has 0 saturated heterocycles. The lowest BCUT2D eigenvalue weighted by molar-refractivity contribution is -0.116. The van der Waals surface area contributed by atoms with Crippen LogP contribution >= 0.6 is 11.6 Å². The van der Waals surface area contributed by atoms with Gasteiger partial charge in [0.1, 0.15) is 5.75 Å². The number of aryl methyl sites for hydroxylation is 1. The van der Waals surface area contributed by atoms with Gasteiger partial charge in [-0.15, -0.1) is 0 Å². The molecule has 1 unspecified atom stereocenters. The molecule has 2 aromatic carbocycles. The summed E-state index contributed by atoms with van der Waals surface area (Å²) in [6, 6.07) is 8.57. The lowest BCUT2D eigenvalue weighted by Crippen LogP contribution is -2.27. The van der Waals surface area contributed by atoms with Gasteiger partial charge in [-0.1, -0.05) is 23.7 Å². The lowest BCUT2D eigenvalue weighted by atomic mass is 9.97. The van der Waals surface area contributed by atoms with Gasteiger partial charge in [0.2, 0.25) is 5.91 Å². The summed E-state index contributed by atoms with van der Waals surface area (Å²) in [5.41, 5.74) is 9.28. The average molecular weight is 374 g/mol. The highest BCUT2D eigenvalue weighted by atomic mass is 35.5. The van der Waals surface area contributed by atoms with Crippen LogP contribution in [0.25, 0.3) is 0 Å². The minimum atomic E-state index is -0.303. The van der Waals surface area contributed by atoms with Crippen LogP contribution in [0, 0.1) is 0 Å². The van der Waals surface area contributed by atoms with Gasteiger partial charge in [0.05, 0.1) is 29.4 Å². The highest BCUT2D eigenvalue weighted by molar-refractivity contribution is 6.33. The molecule has 0 spiro atoms. The first-order chi connectivity index (χ1) is 12.4. The Kier molecular flexibility index (Phi) is 5.04.